The van der Waals surface area contributed by atoms with Crippen molar-refractivity contribution >= 4 is 28.5 Å². The molecule has 3 rings (SSSR count). The topological polar surface area (TPSA) is 51.3 Å². The van der Waals surface area contributed by atoms with Crippen molar-refractivity contribution in [2.45, 2.75) is 32.3 Å². The summed E-state index contributed by atoms with van der Waals surface area (Å²) in [7, 11) is 0. The number of para-hydroxylation sites is 1. The first kappa shape index (κ1) is 15.4. The predicted molar refractivity (Wildman–Crippen MR) is 86.3 cm³/mol. The Labute approximate surface area is 134 Å². The van der Waals surface area contributed by atoms with Crippen molar-refractivity contribution in [3.05, 3.63) is 35.0 Å². The van der Waals surface area contributed by atoms with E-state index in [1.165, 1.54) is 16.5 Å². The minimum absolute atomic E-state index is 0.128. The normalized spacial score (nSPS) is 20.9. The monoisotopic (exact) mass is 321 g/mol. The summed E-state index contributed by atoms with van der Waals surface area (Å²) >= 11 is 6.22. The van der Waals surface area contributed by atoms with Crippen LogP contribution in [0.25, 0.3) is 10.9 Å². The van der Waals surface area contributed by atoms with Gasteiger partial charge < -0.3 is 14.5 Å². The number of hydrogen-bond acceptors (Lipinski definition) is 3. The second-order valence-corrected chi connectivity index (χ2v) is 5.95. The van der Waals surface area contributed by atoms with Gasteiger partial charge in [0.15, 0.2) is 0 Å². The van der Waals surface area contributed by atoms with Crippen molar-refractivity contribution in [1.82, 2.24) is 4.98 Å². The fourth-order valence-electron chi connectivity index (χ4n) is 3.23. The smallest absolute Gasteiger partial charge is 0.309 e. The fourth-order valence-corrected chi connectivity index (χ4v) is 3.53. The summed E-state index contributed by atoms with van der Waals surface area (Å²) in [6.45, 7) is 4.78. The number of aromatic amines is 1. The van der Waals surface area contributed by atoms with E-state index in [0.29, 0.717) is 13.2 Å². The van der Waals surface area contributed by atoms with E-state index in [4.69, 9.17) is 21.1 Å². The molecule has 0 bridgehead atoms. The number of halogens is 1. The van der Waals surface area contributed by atoms with Gasteiger partial charge in [-0.15, -0.1) is 11.6 Å². The summed E-state index contributed by atoms with van der Waals surface area (Å²) in [5, 5.41) is 1.19. The molecule has 0 radical (unpaired) electrons. The third-order valence-electron chi connectivity index (χ3n) is 4.29. The molecule has 1 N–H and O–H groups in total. The van der Waals surface area contributed by atoms with Gasteiger partial charge in [-0.05, 0) is 31.4 Å². The van der Waals surface area contributed by atoms with E-state index in [9.17, 15) is 4.79 Å². The number of carbonyl (C=O) groups excluding carboxylic acids is 1. The Hall–Kier alpha value is -1.52. The van der Waals surface area contributed by atoms with Gasteiger partial charge in [-0.25, -0.2) is 0 Å². The maximum Gasteiger partial charge on any atom is 0.309 e. The van der Waals surface area contributed by atoms with Gasteiger partial charge in [0.2, 0.25) is 0 Å². The van der Waals surface area contributed by atoms with E-state index >= 15 is 0 Å². The largest absolute Gasteiger partial charge is 0.466 e. The molecule has 0 aliphatic carbocycles. The number of esters is 1. The van der Waals surface area contributed by atoms with Gasteiger partial charge in [-0.2, -0.15) is 0 Å². The van der Waals surface area contributed by atoms with Crippen molar-refractivity contribution in [3.63, 3.8) is 0 Å². The van der Waals surface area contributed by atoms with Crippen molar-refractivity contribution in [3.8, 4) is 0 Å². The molecule has 4 nitrogen and oxygen atoms in total. The molecule has 1 aliphatic rings. The number of ether oxygens (including phenoxy) is 2. The highest BCUT2D eigenvalue weighted by Crippen LogP contribution is 2.40. The van der Waals surface area contributed by atoms with Crippen LogP contribution in [-0.2, 0) is 26.3 Å². The number of H-pyrrole nitrogens is 1. The van der Waals surface area contributed by atoms with Crippen LogP contribution in [-0.4, -0.2) is 30.0 Å². The Morgan fingerprint density at radius 2 is 2.32 bits per heavy atom. The number of carbonyl (C=O) groups is 1. The lowest BCUT2D eigenvalue weighted by molar-refractivity contribution is -0.152. The Morgan fingerprint density at radius 1 is 1.50 bits per heavy atom. The van der Waals surface area contributed by atoms with Gasteiger partial charge in [-0.1, -0.05) is 18.2 Å². The van der Waals surface area contributed by atoms with Crippen LogP contribution in [0, 0.1) is 6.92 Å². The van der Waals surface area contributed by atoms with E-state index in [2.05, 4.69) is 30.1 Å². The van der Waals surface area contributed by atoms with Crippen LogP contribution in [0.3, 0.4) is 0 Å². The first-order chi connectivity index (χ1) is 10.6. The summed E-state index contributed by atoms with van der Waals surface area (Å²) < 4.78 is 11.1. The molecule has 1 aliphatic heterocycles. The molecule has 0 fully saturated rings. The lowest BCUT2D eigenvalue weighted by Crippen LogP contribution is -2.40. The van der Waals surface area contributed by atoms with Crippen LogP contribution in [0.15, 0.2) is 18.2 Å². The zero-order valence-corrected chi connectivity index (χ0v) is 13.6. The molecule has 0 spiro atoms. The van der Waals surface area contributed by atoms with E-state index in [0.717, 1.165) is 17.6 Å². The molecular weight excluding hydrogens is 302 g/mol. The van der Waals surface area contributed by atoms with Crippen molar-refractivity contribution in [2.75, 3.05) is 19.1 Å². The number of aryl methyl sites for hydroxylation is 1. The average Bonchev–Trinajstić information content (AvgIpc) is 2.89. The van der Waals surface area contributed by atoms with Gasteiger partial charge >= 0.3 is 5.97 Å². The summed E-state index contributed by atoms with van der Waals surface area (Å²) in [5.74, 6) is -0.0728. The first-order valence-corrected chi connectivity index (χ1v) is 8.11. The van der Waals surface area contributed by atoms with Gasteiger partial charge in [0.25, 0.3) is 0 Å². The van der Waals surface area contributed by atoms with E-state index in [-0.39, 0.29) is 18.3 Å². The van der Waals surface area contributed by atoms with Crippen molar-refractivity contribution < 1.29 is 14.3 Å². The lowest BCUT2D eigenvalue weighted by atomic mass is 9.90. The highest BCUT2D eigenvalue weighted by molar-refractivity contribution is 6.18. The lowest BCUT2D eigenvalue weighted by Gasteiger charge is -2.35. The SMILES string of the molecule is CCOC(=O)CC1(CCl)OCCc2c1[nH]c1c(C)cccc21. The summed E-state index contributed by atoms with van der Waals surface area (Å²) in [4.78, 5) is 15.4. The van der Waals surface area contributed by atoms with Crippen molar-refractivity contribution in [1.29, 1.82) is 0 Å². The van der Waals surface area contributed by atoms with Gasteiger partial charge in [0.1, 0.15) is 5.60 Å². The molecule has 1 aromatic carbocycles. The maximum atomic E-state index is 12.0. The van der Waals surface area contributed by atoms with Crippen LogP contribution < -0.4 is 0 Å². The molecule has 2 aromatic rings. The second kappa shape index (κ2) is 5.94. The van der Waals surface area contributed by atoms with Crippen molar-refractivity contribution in [2.24, 2.45) is 0 Å². The van der Waals surface area contributed by atoms with Crippen LogP contribution in [0.4, 0.5) is 0 Å². The molecule has 2 heterocycles. The number of rotatable bonds is 4. The quantitative estimate of drug-likeness (QED) is 0.693. The van der Waals surface area contributed by atoms with Gasteiger partial charge in [0, 0.05) is 10.9 Å². The summed E-state index contributed by atoms with van der Waals surface area (Å²) in [6, 6.07) is 6.22. The Kier molecular flexibility index (Phi) is 4.15. The third kappa shape index (κ3) is 2.40. The minimum Gasteiger partial charge on any atom is -0.466 e. The highest BCUT2D eigenvalue weighted by atomic mass is 35.5. The molecule has 22 heavy (non-hydrogen) atoms. The van der Waals surface area contributed by atoms with Gasteiger partial charge in [-0.3, -0.25) is 4.79 Å². The van der Waals surface area contributed by atoms with E-state index < -0.39 is 5.60 Å². The molecule has 1 aromatic heterocycles. The average molecular weight is 322 g/mol. The summed E-state index contributed by atoms with van der Waals surface area (Å²) in [5.41, 5.74) is 3.57. The molecule has 1 unspecified atom stereocenters. The standard InChI is InChI=1S/C17H20ClNO3/c1-3-21-14(20)9-17(10-18)16-13(7-8-22-17)12-6-4-5-11(2)15(12)19-16/h4-6,19H,3,7-10H2,1-2H3. The molecule has 0 saturated carbocycles. The molecule has 0 amide bonds. The van der Waals surface area contributed by atoms with Crippen LogP contribution in [0.1, 0.15) is 30.2 Å². The molecule has 118 valence electrons. The third-order valence-corrected chi connectivity index (χ3v) is 4.72. The number of benzene rings is 1. The molecule has 0 saturated heterocycles. The zero-order chi connectivity index (χ0) is 15.7. The van der Waals surface area contributed by atoms with Crippen LogP contribution in [0.2, 0.25) is 0 Å². The Morgan fingerprint density at radius 3 is 3.05 bits per heavy atom. The molecule has 1 atom stereocenters. The van der Waals surface area contributed by atoms with Gasteiger partial charge in [0.05, 0.1) is 31.2 Å². The zero-order valence-electron chi connectivity index (χ0n) is 12.9. The summed E-state index contributed by atoms with van der Waals surface area (Å²) in [6.07, 6.45) is 0.948. The molecule has 5 heteroatoms. The minimum atomic E-state index is -0.827. The number of aromatic nitrogens is 1. The number of alkyl halides is 1. The molecular formula is C17H20ClNO3. The maximum absolute atomic E-state index is 12.0. The van der Waals surface area contributed by atoms with Crippen LogP contribution in [0.5, 0.6) is 0 Å². The predicted octanol–water partition coefficient (Wildman–Crippen LogP) is 3.44. The van der Waals surface area contributed by atoms with E-state index in [1.54, 1.807) is 6.92 Å². The number of hydrogen-bond donors (Lipinski definition) is 1. The highest BCUT2D eigenvalue weighted by Gasteiger charge is 2.42. The Bertz CT molecular complexity index is 709. The number of fused-ring (bicyclic) bond motifs is 3. The first-order valence-electron chi connectivity index (χ1n) is 7.57. The van der Waals surface area contributed by atoms with Crippen LogP contribution >= 0.6 is 11.6 Å². The fraction of sp³-hybridized carbons (Fsp3) is 0.471. The second-order valence-electron chi connectivity index (χ2n) is 5.68. The Balaban J connectivity index is 2.11. The van der Waals surface area contributed by atoms with E-state index in [1.807, 2.05) is 0 Å². The number of nitrogens with one attached hydrogen (secondary N) is 1.